The number of benzene rings is 3. The molecule has 10 heteroatoms. The van der Waals surface area contributed by atoms with Crippen molar-refractivity contribution < 1.29 is 22.7 Å². The molecule has 0 bridgehead atoms. The van der Waals surface area contributed by atoms with E-state index in [4.69, 9.17) is 4.74 Å². The fourth-order valence-corrected chi connectivity index (χ4v) is 5.29. The van der Waals surface area contributed by atoms with Crippen molar-refractivity contribution in [2.24, 2.45) is 0 Å². The van der Waals surface area contributed by atoms with Crippen LogP contribution >= 0.6 is 15.9 Å². The minimum atomic E-state index is -3.82. The number of halogens is 1. The van der Waals surface area contributed by atoms with Gasteiger partial charge in [-0.25, -0.2) is 8.42 Å². The highest BCUT2D eigenvalue weighted by Crippen LogP contribution is 2.24. The summed E-state index contributed by atoms with van der Waals surface area (Å²) in [5, 5.41) is 2.84. The summed E-state index contributed by atoms with van der Waals surface area (Å²) in [5.74, 6) is -0.217. The maximum atomic E-state index is 14.0. The second-order valence-corrected chi connectivity index (χ2v) is 11.5. The standard InChI is InChI=1S/C28H32BrN3O5S/c1-4-30-28(34)26(17-21-10-6-5-7-11-21)31(19-22-12-8-15-25(16-22)37-2)27(33)20-32(38(3,35)36)24-14-9-13-23(29)18-24/h5-16,18,26H,4,17,19-20H2,1-3H3,(H,30,34)/t26-/m0/s1. The Morgan fingerprint density at radius 1 is 0.974 bits per heavy atom. The highest BCUT2D eigenvalue weighted by molar-refractivity contribution is 9.10. The van der Waals surface area contributed by atoms with Gasteiger partial charge in [-0.05, 0) is 48.4 Å². The Morgan fingerprint density at radius 2 is 1.66 bits per heavy atom. The molecule has 38 heavy (non-hydrogen) atoms. The molecule has 202 valence electrons. The molecule has 0 saturated carbocycles. The predicted octanol–water partition coefficient (Wildman–Crippen LogP) is 4.00. The summed E-state index contributed by atoms with van der Waals surface area (Å²) >= 11 is 3.37. The molecule has 1 N–H and O–H groups in total. The van der Waals surface area contributed by atoms with Gasteiger partial charge in [-0.3, -0.25) is 13.9 Å². The molecular weight excluding hydrogens is 570 g/mol. The van der Waals surface area contributed by atoms with Crippen LogP contribution in [0, 0.1) is 0 Å². The average molecular weight is 603 g/mol. The molecule has 0 unspecified atom stereocenters. The van der Waals surface area contributed by atoms with E-state index in [0.29, 0.717) is 22.5 Å². The second kappa shape index (κ2) is 13.4. The first kappa shape index (κ1) is 29.2. The maximum absolute atomic E-state index is 14.0. The normalized spacial score (nSPS) is 11.9. The van der Waals surface area contributed by atoms with Gasteiger partial charge in [0, 0.05) is 24.0 Å². The monoisotopic (exact) mass is 601 g/mol. The summed E-state index contributed by atoms with van der Waals surface area (Å²) in [5.41, 5.74) is 1.96. The van der Waals surface area contributed by atoms with Crippen molar-refractivity contribution in [3.05, 3.63) is 94.5 Å². The van der Waals surface area contributed by atoms with Crippen LogP contribution in [0.3, 0.4) is 0 Å². The van der Waals surface area contributed by atoms with Crippen molar-refractivity contribution in [1.29, 1.82) is 0 Å². The number of carbonyl (C=O) groups is 2. The molecule has 0 saturated heterocycles. The molecule has 0 heterocycles. The summed E-state index contributed by atoms with van der Waals surface area (Å²) in [7, 11) is -2.26. The summed E-state index contributed by atoms with van der Waals surface area (Å²) in [4.78, 5) is 28.7. The van der Waals surface area contributed by atoms with Gasteiger partial charge in [0.1, 0.15) is 18.3 Å². The van der Waals surface area contributed by atoms with Crippen LogP contribution in [0.15, 0.2) is 83.3 Å². The number of rotatable bonds is 12. The van der Waals surface area contributed by atoms with Gasteiger partial charge in [0.15, 0.2) is 0 Å². The van der Waals surface area contributed by atoms with E-state index in [9.17, 15) is 18.0 Å². The zero-order valence-electron chi connectivity index (χ0n) is 21.6. The smallest absolute Gasteiger partial charge is 0.244 e. The van der Waals surface area contributed by atoms with Crippen molar-refractivity contribution in [2.75, 3.05) is 30.8 Å². The molecule has 3 rings (SSSR count). The molecule has 0 spiro atoms. The highest BCUT2D eigenvalue weighted by Gasteiger charge is 2.33. The number of ether oxygens (including phenoxy) is 1. The van der Waals surface area contributed by atoms with Crippen LogP contribution in [0.5, 0.6) is 5.75 Å². The third kappa shape index (κ3) is 8.06. The van der Waals surface area contributed by atoms with Gasteiger partial charge in [-0.15, -0.1) is 0 Å². The topological polar surface area (TPSA) is 96.0 Å². The molecule has 3 aromatic rings. The van der Waals surface area contributed by atoms with Gasteiger partial charge < -0.3 is 15.0 Å². The lowest BCUT2D eigenvalue weighted by Crippen LogP contribution is -2.53. The fraction of sp³-hybridized carbons (Fsp3) is 0.286. The maximum Gasteiger partial charge on any atom is 0.244 e. The summed E-state index contributed by atoms with van der Waals surface area (Å²) in [6.07, 6.45) is 1.32. The van der Waals surface area contributed by atoms with Crippen LogP contribution in [0.1, 0.15) is 18.1 Å². The van der Waals surface area contributed by atoms with Crippen LogP contribution in [-0.2, 0) is 32.6 Å². The molecule has 2 amide bonds. The minimum Gasteiger partial charge on any atom is -0.497 e. The number of nitrogens with one attached hydrogen (secondary N) is 1. The van der Waals surface area contributed by atoms with Gasteiger partial charge in [0.2, 0.25) is 21.8 Å². The number of amides is 2. The number of methoxy groups -OCH3 is 1. The zero-order valence-corrected chi connectivity index (χ0v) is 24.0. The van der Waals surface area contributed by atoms with E-state index in [1.165, 1.54) is 4.90 Å². The molecule has 0 aliphatic carbocycles. The van der Waals surface area contributed by atoms with Crippen LogP contribution in [-0.4, -0.2) is 57.6 Å². The lowest BCUT2D eigenvalue weighted by molar-refractivity contribution is -0.140. The number of hydrogen-bond donors (Lipinski definition) is 1. The van der Waals surface area contributed by atoms with Crippen molar-refractivity contribution in [2.45, 2.75) is 25.9 Å². The number of hydrogen-bond acceptors (Lipinski definition) is 5. The van der Waals surface area contributed by atoms with E-state index in [1.54, 1.807) is 49.6 Å². The molecule has 3 aromatic carbocycles. The Labute approximate surface area is 232 Å². The van der Waals surface area contributed by atoms with Crippen molar-refractivity contribution in [1.82, 2.24) is 10.2 Å². The van der Waals surface area contributed by atoms with Crippen molar-refractivity contribution >= 4 is 43.5 Å². The van der Waals surface area contributed by atoms with Gasteiger partial charge in [0.05, 0.1) is 19.1 Å². The molecule has 0 aliphatic rings. The fourth-order valence-electron chi connectivity index (χ4n) is 4.06. The summed E-state index contributed by atoms with van der Waals surface area (Å²) in [6, 6.07) is 22.5. The first-order chi connectivity index (χ1) is 18.1. The van der Waals surface area contributed by atoms with Gasteiger partial charge in [-0.1, -0.05) is 64.5 Å². The van der Waals surface area contributed by atoms with E-state index < -0.39 is 28.5 Å². The van der Waals surface area contributed by atoms with Crippen LogP contribution < -0.4 is 14.4 Å². The first-order valence-corrected chi connectivity index (χ1v) is 14.7. The molecule has 0 aliphatic heterocycles. The van der Waals surface area contributed by atoms with Crippen LogP contribution in [0.2, 0.25) is 0 Å². The molecule has 0 aromatic heterocycles. The number of nitrogens with zero attached hydrogens (tertiary/aromatic N) is 2. The molecule has 8 nitrogen and oxygen atoms in total. The van der Waals surface area contributed by atoms with E-state index in [1.807, 2.05) is 43.3 Å². The Kier molecular flexibility index (Phi) is 10.3. The van der Waals surface area contributed by atoms with Crippen LogP contribution in [0.4, 0.5) is 5.69 Å². The van der Waals surface area contributed by atoms with E-state index in [2.05, 4.69) is 21.2 Å². The number of likely N-dealkylation sites (N-methyl/N-ethyl adjacent to an activating group) is 1. The zero-order chi connectivity index (χ0) is 27.7. The first-order valence-electron chi connectivity index (χ1n) is 12.1. The Hall–Kier alpha value is -3.37. The summed E-state index contributed by atoms with van der Waals surface area (Å²) in [6.45, 7) is 1.81. The summed E-state index contributed by atoms with van der Waals surface area (Å²) < 4.78 is 32.6. The van der Waals surface area contributed by atoms with E-state index in [0.717, 1.165) is 21.7 Å². The second-order valence-electron chi connectivity index (χ2n) is 8.72. The quantitative estimate of drug-likeness (QED) is 0.338. The third-order valence-electron chi connectivity index (χ3n) is 5.88. The third-order valence-corrected chi connectivity index (χ3v) is 7.52. The van der Waals surface area contributed by atoms with Crippen molar-refractivity contribution in [3.8, 4) is 5.75 Å². The Bertz CT molecular complexity index is 1350. The van der Waals surface area contributed by atoms with Gasteiger partial charge in [0.25, 0.3) is 0 Å². The SMILES string of the molecule is CCNC(=O)[C@H](Cc1ccccc1)N(Cc1cccc(OC)c1)C(=O)CN(c1cccc(Br)c1)S(C)(=O)=O. The number of carbonyl (C=O) groups excluding carboxylic acids is 2. The molecular formula is C28H32BrN3O5S. The average Bonchev–Trinajstić information content (AvgIpc) is 2.89. The highest BCUT2D eigenvalue weighted by atomic mass is 79.9. The Balaban J connectivity index is 2.05. The molecule has 0 radical (unpaired) electrons. The minimum absolute atomic E-state index is 0.0841. The van der Waals surface area contributed by atoms with Gasteiger partial charge in [-0.2, -0.15) is 0 Å². The Morgan fingerprint density at radius 3 is 2.29 bits per heavy atom. The molecule has 1 atom stereocenters. The number of sulfonamides is 1. The lowest BCUT2D eigenvalue weighted by atomic mass is 10.0. The van der Waals surface area contributed by atoms with Crippen LogP contribution in [0.25, 0.3) is 0 Å². The van der Waals surface area contributed by atoms with E-state index in [-0.39, 0.29) is 18.9 Å². The lowest BCUT2D eigenvalue weighted by Gasteiger charge is -2.33. The number of anilines is 1. The van der Waals surface area contributed by atoms with Gasteiger partial charge >= 0.3 is 0 Å². The van der Waals surface area contributed by atoms with Crippen molar-refractivity contribution in [3.63, 3.8) is 0 Å². The predicted molar refractivity (Wildman–Crippen MR) is 152 cm³/mol. The molecule has 0 fully saturated rings. The van der Waals surface area contributed by atoms with E-state index >= 15 is 0 Å². The largest absolute Gasteiger partial charge is 0.497 e.